The molecule has 0 aromatic heterocycles. The third kappa shape index (κ3) is 6.97. The quantitative estimate of drug-likeness (QED) is 0.552. The Bertz CT molecular complexity index is 291. The number of carboxylic acid groups (broad SMARTS) is 2. The van der Waals surface area contributed by atoms with Crippen molar-refractivity contribution in [3.8, 4) is 0 Å². The number of aliphatic carboxylic acids is 2. The molecule has 0 aromatic rings. The predicted molar refractivity (Wildman–Crippen MR) is 53.8 cm³/mol. The maximum atomic E-state index is 10.9. The monoisotopic (exact) mass is 287 g/mol. The Balaban J connectivity index is 0. The standard InChI is InChI=1S/C10H16O6.Mn/c1-5(16-7(3)11)4-8(10(14)15)6(2)9(12)13;/h5-6,8H,4H2,1-3H3,(H,12,13)(H,14,15);. The van der Waals surface area contributed by atoms with Gasteiger partial charge in [-0.05, 0) is 13.3 Å². The van der Waals surface area contributed by atoms with Gasteiger partial charge in [-0.2, -0.15) is 0 Å². The summed E-state index contributed by atoms with van der Waals surface area (Å²) >= 11 is 0. The molecule has 3 unspecified atom stereocenters. The van der Waals surface area contributed by atoms with Crippen LogP contribution in [0.15, 0.2) is 0 Å². The van der Waals surface area contributed by atoms with Crippen molar-refractivity contribution in [1.82, 2.24) is 0 Å². The Labute approximate surface area is 110 Å². The number of hydrogen-bond acceptors (Lipinski definition) is 4. The first kappa shape index (κ1) is 18.3. The molecule has 1 radical (unpaired) electrons. The van der Waals surface area contributed by atoms with E-state index in [1.54, 1.807) is 0 Å². The third-order valence-electron chi connectivity index (χ3n) is 2.26. The fourth-order valence-corrected chi connectivity index (χ4v) is 1.38. The van der Waals surface area contributed by atoms with Crippen LogP contribution in [0.1, 0.15) is 27.2 Å². The summed E-state index contributed by atoms with van der Waals surface area (Å²) in [7, 11) is 0. The maximum absolute atomic E-state index is 10.9. The second kappa shape index (κ2) is 8.08. The molecule has 2 N–H and O–H groups in total. The van der Waals surface area contributed by atoms with Gasteiger partial charge in [0, 0.05) is 24.0 Å². The summed E-state index contributed by atoms with van der Waals surface area (Å²) in [6, 6.07) is 0. The Hall–Kier alpha value is -1.07. The molecule has 0 rings (SSSR count). The van der Waals surface area contributed by atoms with Crippen LogP contribution in [0, 0.1) is 11.8 Å². The number of hydrogen-bond donors (Lipinski definition) is 2. The molecule has 0 amide bonds. The van der Waals surface area contributed by atoms with Crippen molar-refractivity contribution in [3.05, 3.63) is 0 Å². The van der Waals surface area contributed by atoms with Gasteiger partial charge in [-0.1, -0.05) is 6.92 Å². The van der Waals surface area contributed by atoms with E-state index in [-0.39, 0.29) is 23.5 Å². The third-order valence-corrected chi connectivity index (χ3v) is 2.26. The zero-order valence-corrected chi connectivity index (χ0v) is 11.0. The predicted octanol–water partition coefficient (Wildman–Crippen LogP) is 0.747. The van der Waals surface area contributed by atoms with Crippen LogP contribution in [0.2, 0.25) is 0 Å². The summed E-state index contributed by atoms with van der Waals surface area (Å²) in [4.78, 5) is 32.2. The molecule has 0 aliphatic carbocycles. The van der Waals surface area contributed by atoms with Gasteiger partial charge in [-0.15, -0.1) is 0 Å². The summed E-state index contributed by atoms with van der Waals surface area (Å²) in [5.74, 6) is -4.97. The van der Waals surface area contributed by atoms with Gasteiger partial charge in [-0.3, -0.25) is 14.4 Å². The molecule has 0 aliphatic rings. The van der Waals surface area contributed by atoms with Crippen molar-refractivity contribution in [2.24, 2.45) is 11.8 Å². The smallest absolute Gasteiger partial charge is 0.307 e. The van der Waals surface area contributed by atoms with E-state index in [0.29, 0.717) is 0 Å². The number of carboxylic acids is 2. The van der Waals surface area contributed by atoms with Crippen LogP contribution in [-0.2, 0) is 36.2 Å². The molecule has 0 fully saturated rings. The van der Waals surface area contributed by atoms with Crippen molar-refractivity contribution < 1.29 is 46.4 Å². The van der Waals surface area contributed by atoms with Gasteiger partial charge in [-0.25, -0.2) is 0 Å². The van der Waals surface area contributed by atoms with E-state index in [0.717, 1.165) is 0 Å². The number of esters is 1. The van der Waals surface area contributed by atoms with Gasteiger partial charge in [0.15, 0.2) is 0 Å². The molecule has 0 spiro atoms. The van der Waals surface area contributed by atoms with E-state index in [2.05, 4.69) is 0 Å². The molecule has 0 saturated carbocycles. The first-order chi connectivity index (χ1) is 7.25. The van der Waals surface area contributed by atoms with Crippen molar-refractivity contribution in [2.75, 3.05) is 0 Å². The van der Waals surface area contributed by atoms with E-state index >= 15 is 0 Å². The average Bonchev–Trinajstić information content (AvgIpc) is 2.11. The largest absolute Gasteiger partial charge is 0.481 e. The zero-order valence-electron chi connectivity index (χ0n) is 9.84. The van der Waals surface area contributed by atoms with Crippen molar-refractivity contribution >= 4 is 17.9 Å². The normalized spacial score (nSPS) is 15.0. The van der Waals surface area contributed by atoms with Crippen LogP contribution in [-0.4, -0.2) is 34.2 Å². The molecule has 0 saturated heterocycles. The molecule has 99 valence electrons. The molecule has 0 aliphatic heterocycles. The van der Waals surface area contributed by atoms with Gasteiger partial charge in [0.25, 0.3) is 0 Å². The molecule has 0 bridgehead atoms. The van der Waals surface area contributed by atoms with Gasteiger partial charge in [0.2, 0.25) is 0 Å². The van der Waals surface area contributed by atoms with E-state index < -0.39 is 35.8 Å². The van der Waals surface area contributed by atoms with Gasteiger partial charge >= 0.3 is 17.9 Å². The van der Waals surface area contributed by atoms with Gasteiger partial charge < -0.3 is 14.9 Å². The Morgan fingerprint density at radius 3 is 1.88 bits per heavy atom. The second-order valence-electron chi connectivity index (χ2n) is 3.73. The van der Waals surface area contributed by atoms with Crippen LogP contribution in [0.25, 0.3) is 0 Å². The molecular weight excluding hydrogens is 271 g/mol. The zero-order chi connectivity index (χ0) is 12.9. The first-order valence-electron chi connectivity index (χ1n) is 4.88. The minimum Gasteiger partial charge on any atom is -0.481 e. The Morgan fingerprint density at radius 2 is 1.59 bits per heavy atom. The number of ether oxygens (including phenoxy) is 1. The molecule has 17 heavy (non-hydrogen) atoms. The maximum Gasteiger partial charge on any atom is 0.307 e. The van der Waals surface area contributed by atoms with Crippen LogP contribution >= 0.6 is 0 Å². The number of carbonyl (C=O) groups excluding carboxylic acids is 1. The SMILES string of the molecule is CC(=O)OC(C)CC(C(=O)O)C(C)C(=O)O.[Mn]. The number of rotatable bonds is 6. The number of carbonyl (C=O) groups is 3. The van der Waals surface area contributed by atoms with E-state index in [1.807, 2.05) is 0 Å². The molecular formula is C10H16MnO6. The van der Waals surface area contributed by atoms with E-state index in [1.165, 1.54) is 20.8 Å². The molecule has 0 heterocycles. The minimum atomic E-state index is -1.20. The molecule has 6 nitrogen and oxygen atoms in total. The second-order valence-corrected chi connectivity index (χ2v) is 3.73. The molecule has 0 aromatic carbocycles. The minimum absolute atomic E-state index is 0. The average molecular weight is 287 g/mol. The Kier molecular flexibility index (Phi) is 8.70. The first-order valence-corrected chi connectivity index (χ1v) is 4.88. The van der Waals surface area contributed by atoms with Crippen molar-refractivity contribution in [2.45, 2.75) is 33.3 Å². The fourth-order valence-electron chi connectivity index (χ4n) is 1.38. The van der Waals surface area contributed by atoms with Crippen LogP contribution < -0.4 is 0 Å². The van der Waals surface area contributed by atoms with Crippen LogP contribution in [0.5, 0.6) is 0 Å². The van der Waals surface area contributed by atoms with E-state index in [4.69, 9.17) is 14.9 Å². The van der Waals surface area contributed by atoms with Gasteiger partial charge in [0.05, 0.1) is 17.9 Å². The van der Waals surface area contributed by atoms with Crippen molar-refractivity contribution in [1.29, 1.82) is 0 Å². The van der Waals surface area contributed by atoms with Gasteiger partial charge in [0.1, 0.15) is 0 Å². The molecule has 7 heteroatoms. The van der Waals surface area contributed by atoms with Crippen LogP contribution in [0.4, 0.5) is 0 Å². The Morgan fingerprint density at radius 1 is 1.12 bits per heavy atom. The van der Waals surface area contributed by atoms with Crippen LogP contribution in [0.3, 0.4) is 0 Å². The van der Waals surface area contributed by atoms with E-state index in [9.17, 15) is 14.4 Å². The summed E-state index contributed by atoms with van der Waals surface area (Å²) in [5, 5.41) is 17.6. The fraction of sp³-hybridized carbons (Fsp3) is 0.700. The summed E-state index contributed by atoms with van der Waals surface area (Å²) in [6.07, 6.45) is -0.622. The van der Waals surface area contributed by atoms with Crippen molar-refractivity contribution in [3.63, 3.8) is 0 Å². The summed E-state index contributed by atoms with van der Waals surface area (Å²) in [5.41, 5.74) is 0. The topological polar surface area (TPSA) is 101 Å². The summed E-state index contributed by atoms with van der Waals surface area (Å²) in [6.45, 7) is 4.07. The molecule has 3 atom stereocenters. The summed E-state index contributed by atoms with van der Waals surface area (Å²) < 4.78 is 4.77.